The van der Waals surface area contributed by atoms with Crippen LogP contribution < -0.4 is 14.4 Å². The van der Waals surface area contributed by atoms with Crippen molar-refractivity contribution in [2.75, 3.05) is 31.2 Å². The molecule has 0 aromatic heterocycles. The van der Waals surface area contributed by atoms with E-state index >= 15 is 0 Å². The molecule has 0 N–H and O–H groups in total. The third-order valence-electron chi connectivity index (χ3n) is 6.29. The molecule has 2 aromatic carbocycles. The normalized spacial score (nSPS) is 25.4. The molecule has 1 atom stereocenters. The lowest BCUT2D eigenvalue weighted by Crippen LogP contribution is -2.43. The first-order valence-electron chi connectivity index (χ1n) is 9.73. The number of aliphatic imine (C=N–C) groups is 1. The number of amidine groups is 1. The van der Waals surface area contributed by atoms with Gasteiger partial charge in [0.2, 0.25) is 0 Å². The van der Waals surface area contributed by atoms with Crippen LogP contribution in [0.5, 0.6) is 11.5 Å². The van der Waals surface area contributed by atoms with Crippen molar-refractivity contribution in [2.45, 2.75) is 31.1 Å². The number of hydrogen-bond donors (Lipinski definition) is 0. The summed E-state index contributed by atoms with van der Waals surface area (Å²) in [6, 6.07) is 13.2. The lowest BCUT2D eigenvalue weighted by Gasteiger charge is -2.29. The van der Waals surface area contributed by atoms with E-state index in [0.29, 0.717) is 6.61 Å². The second-order valence-electron chi connectivity index (χ2n) is 7.68. The van der Waals surface area contributed by atoms with Gasteiger partial charge in [-0.25, -0.2) is 0 Å². The van der Waals surface area contributed by atoms with E-state index in [1.165, 1.54) is 47.5 Å². The maximum atomic E-state index is 6.25. The summed E-state index contributed by atoms with van der Waals surface area (Å²) in [5, 5.41) is 0. The van der Waals surface area contributed by atoms with Crippen molar-refractivity contribution in [3.8, 4) is 11.5 Å². The van der Waals surface area contributed by atoms with Gasteiger partial charge in [-0.05, 0) is 42.5 Å². The molecule has 6 rings (SSSR count). The van der Waals surface area contributed by atoms with Crippen LogP contribution in [0, 0.1) is 0 Å². The molecule has 0 aliphatic carbocycles. The third-order valence-corrected chi connectivity index (χ3v) is 6.29. The van der Waals surface area contributed by atoms with Gasteiger partial charge < -0.3 is 14.4 Å². The van der Waals surface area contributed by atoms with Crippen molar-refractivity contribution in [1.29, 1.82) is 0 Å². The van der Waals surface area contributed by atoms with Crippen LogP contribution in [0.4, 0.5) is 5.69 Å². The van der Waals surface area contributed by atoms with E-state index in [1.54, 1.807) is 0 Å². The second kappa shape index (κ2) is 5.26. The maximum Gasteiger partial charge on any atom is 0.127 e. The summed E-state index contributed by atoms with van der Waals surface area (Å²) in [6.45, 7) is 3.36. The van der Waals surface area contributed by atoms with E-state index in [-0.39, 0.29) is 5.41 Å². The third kappa shape index (κ3) is 1.77. The summed E-state index contributed by atoms with van der Waals surface area (Å²) in [7, 11) is 0. The fourth-order valence-corrected chi connectivity index (χ4v) is 5.06. The molecule has 0 bridgehead atoms. The second-order valence-corrected chi connectivity index (χ2v) is 7.68. The monoisotopic (exact) mass is 346 g/mol. The predicted molar refractivity (Wildman–Crippen MR) is 102 cm³/mol. The molecule has 0 saturated heterocycles. The quantitative estimate of drug-likeness (QED) is 0.729. The molecule has 1 spiro atoms. The Morgan fingerprint density at radius 2 is 1.92 bits per heavy atom. The van der Waals surface area contributed by atoms with Crippen LogP contribution in [0.1, 0.15) is 36.0 Å². The number of hydrogen-bond acceptors (Lipinski definition) is 4. The highest BCUT2D eigenvalue weighted by atomic mass is 16.5. The van der Waals surface area contributed by atoms with Crippen LogP contribution in [0.3, 0.4) is 0 Å². The van der Waals surface area contributed by atoms with Crippen molar-refractivity contribution in [1.82, 2.24) is 0 Å². The molecule has 4 aliphatic heterocycles. The summed E-state index contributed by atoms with van der Waals surface area (Å²) >= 11 is 0. The standard InChI is InChI=1S/C22H22N2O2/c1-4-9-23-21-22(16-6-2-3-7-18(16)24(21)10-5-1)14-26-20-13-19-15(8-11-25-19)12-17(20)22/h2-3,6-7,12-13H,1,4-5,8-11,14H2. The van der Waals surface area contributed by atoms with Gasteiger partial charge in [-0.15, -0.1) is 0 Å². The fraction of sp³-hybridized carbons (Fsp3) is 0.409. The Balaban J connectivity index is 1.62. The van der Waals surface area contributed by atoms with Gasteiger partial charge >= 0.3 is 0 Å². The SMILES string of the molecule is c1ccc2c(c1)N1CCCCCN=C1C21COc2cc3c(cc21)CCO3. The van der Waals surface area contributed by atoms with Crippen LogP contribution in [-0.2, 0) is 11.8 Å². The molecule has 132 valence electrons. The van der Waals surface area contributed by atoms with Crippen molar-refractivity contribution in [3.05, 3.63) is 53.1 Å². The van der Waals surface area contributed by atoms with Gasteiger partial charge in [0.05, 0.1) is 6.61 Å². The fourth-order valence-electron chi connectivity index (χ4n) is 5.06. The van der Waals surface area contributed by atoms with Crippen LogP contribution >= 0.6 is 0 Å². The van der Waals surface area contributed by atoms with Crippen LogP contribution in [0.2, 0.25) is 0 Å². The average Bonchev–Trinajstić information content (AvgIpc) is 3.30. The number of rotatable bonds is 0. The predicted octanol–water partition coefficient (Wildman–Crippen LogP) is 3.70. The van der Waals surface area contributed by atoms with Gasteiger partial charge in [0.15, 0.2) is 0 Å². The van der Waals surface area contributed by atoms with E-state index in [4.69, 9.17) is 14.5 Å². The molecule has 1 unspecified atom stereocenters. The molecule has 0 saturated carbocycles. The van der Waals surface area contributed by atoms with Crippen LogP contribution in [0.25, 0.3) is 0 Å². The minimum atomic E-state index is -0.263. The number of benzene rings is 2. The zero-order valence-corrected chi connectivity index (χ0v) is 14.8. The first kappa shape index (κ1) is 14.7. The smallest absolute Gasteiger partial charge is 0.127 e. The molecule has 4 nitrogen and oxygen atoms in total. The van der Waals surface area contributed by atoms with Gasteiger partial charge in [-0.2, -0.15) is 0 Å². The Labute approximate surface area is 153 Å². The molecule has 4 heterocycles. The highest BCUT2D eigenvalue weighted by Gasteiger charge is 2.55. The zero-order chi connectivity index (χ0) is 17.1. The van der Waals surface area contributed by atoms with E-state index in [0.717, 1.165) is 37.6 Å². The van der Waals surface area contributed by atoms with Crippen molar-refractivity contribution in [2.24, 2.45) is 4.99 Å². The zero-order valence-electron chi connectivity index (χ0n) is 14.8. The summed E-state index contributed by atoms with van der Waals surface area (Å²) in [6.07, 6.45) is 4.63. The Bertz CT molecular complexity index is 936. The number of para-hydroxylation sites is 1. The Kier molecular flexibility index (Phi) is 2.96. The van der Waals surface area contributed by atoms with Gasteiger partial charge in [0.1, 0.15) is 29.4 Å². The summed E-state index contributed by atoms with van der Waals surface area (Å²) < 4.78 is 12.0. The Morgan fingerprint density at radius 1 is 0.962 bits per heavy atom. The summed E-state index contributed by atoms with van der Waals surface area (Å²) in [5.41, 5.74) is 4.97. The summed E-state index contributed by atoms with van der Waals surface area (Å²) in [4.78, 5) is 7.57. The van der Waals surface area contributed by atoms with E-state index in [1.807, 2.05) is 0 Å². The number of fused-ring (bicyclic) bond motifs is 8. The first-order chi connectivity index (χ1) is 12.9. The number of anilines is 1. The maximum absolute atomic E-state index is 6.25. The van der Waals surface area contributed by atoms with Gasteiger partial charge in [-0.3, -0.25) is 4.99 Å². The molecule has 4 heteroatoms. The summed E-state index contributed by atoms with van der Waals surface area (Å²) in [5.74, 6) is 3.15. The number of nitrogens with zero attached hydrogens (tertiary/aromatic N) is 2. The topological polar surface area (TPSA) is 34.1 Å². The highest BCUT2D eigenvalue weighted by Crippen LogP contribution is 2.54. The molecule has 0 radical (unpaired) electrons. The molecule has 26 heavy (non-hydrogen) atoms. The molecule has 0 amide bonds. The lowest BCUT2D eigenvalue weighted by molar-refractivity contribution is 0.321. The largest absolute Gasteiger partial charge is 0.493 e. The van der Waals surface area contributed by atoms with E-state index in [9.17, 15) is 0 Å². The highest BCUT2D eigenvalue weighted by molar-refractivity contribution is 6.14. The van der Waals surface area contributed by atoms with Crippen LogP contribution in [-0.4, -0.2) is 32.1 Å². The van der Waals surface area contributed by atoms with Gasteiger partial charge in [-0.1, -0.05) is 18.2 Å². The number of ether oxygens (including phenoxy) is 2. The van der Waals surface area contributed by atoms with Crippen molar-refractivity contribution in [3.63, 3.8) is 0 Å². The minimum absolute atomic E-state index is 0.263. The van der Waals surface area contributed by atoms with Crippen LogP contribution in [0.15, 0.2) is 41.4 Å². The average molecular weight is 346 g/mol. The van der Waals surface area contributed by atoms with Crippen molar-refractivity contribution < 1.29 is 9.47 Å². The molecular weight excluding hydrogens is 324 g/mol. The van der Waals surface area contributed by atoms with Crippen molar-refractivity contribution >= 4 is 11.5 Å². The Morgan fingerprint density at radius 3 is 2.92 bits per heavy atom. The lowest BCUT2D eigenvalue weighted by atomic mass is 9.76. The molecule has 2 aromatic rings. The molecular formula is C22H22N2O2. The van der Waals surface area contributed by atoms with Gasteiger partial charge in [0.25, 0.3) is 0 Å². The first-order valence-corrected chi connectivity index (χ1v) is 9.73. The minimum Gasteiger partial charge on any atom is -0.493 e. The van der Waals surface area contributed by atoms with E-state index < -0.39 is 0 Å². The molecule has 4 aliphatic rings. The Hall–Kier alpha value is -2.49. The molecule has 0 fully saturated rings. The van der Waals surface area contributed by atoms with Gasteiger partial charge in [0, 0.05) is 36.8 Å². The van der Waals surface area contributed by atoms with E-state index in [2.05, 4.69) is 41.3 Å².